The number of nitrogens with zero attached hydrogens (tertiary/aromatic N) is 1. The first-order chi connectivity index (χ1) is 12.3. The minimum atomic E-state index is -0.434. The smallest absolute Gasteiger partial charge is 0.310 e. The molecule has 2 rings (SSSR count). The predicted molar refractivity (Wildman–Crippen MR) is 99.6 cm³/mol. The minimum absolute atomic E-state index is 0.0955. The van der Waals surface area contributed by atoms with Gasteiger partial charge in [0.15, 0.2) is 6.61 Å². The first-order valence-corrected chi connectivity index (χ1v) is 9.13. The molecule has 1 aromatic rings. The van der Waals surface area contributed by atoms with Crippen LogP contribution < -0.4 is 5.32 Å². The maximum Gasteiger partial charge on any atom is 0.310 e. The number of hydrogen-bond donors (Lipinski definition) is 1. The number of anilines is 1. The number of benzene rings is 1. The lowest BCUT2D eigenvalue weighted by Crippen LogP contribution is -2.41. The summed E-state index contributed by atoms with van der Waals surface area (Å²) in [6, 6.07) is 7.21. The van der Waals surface area contributed by atoms with Crippen LogP contribution in [0.2, 0.25) is 0 Å². The fourth-order valence-corrected chi connectivity index (χ4v) is 3.20. The van der Waals surface area contributed by atoms with Crippen molar-refractivity contribution in [3.05, 3.63) is 29.8 Å². The first kappa shape index (κ1) is 19.9. The second kappa shape index (κ2) is 9.36. The second-order valence-corrected chi connectivity index (χ2v) is 7.13. The fourth-order valence-electron chi connectivity index (χ4n) is 3.20. The molecule has 26 heavy (non-hydrogen) atoms. The maximum atomic E-state index is 12.2. The number of ether oxygens (including phenoxy) is 1. The Balaban J connectivity index is 1.75. The molecule has 142 valence electrons. The largest absolute Gasteiger partial charge is 0.455 e. The lowest BCUT2D eigenvalue weighted by molar-refractivity contribution is -0.152. The Labute approximate surface area is 154 Å². The summed E-state index contributed by atoms with van der Waals surface area (Å²) in [4.78, 5) is 36.9. The normalized spacial score (nSPS) is 19.5. The van der Waals surface area contributed by atoms with Crippen molar-refractivity contribution in [2.45, 2.75) is 52.0 Å². The van der Waals surface area contributed by atoms with Gasteiger partial charge in [0.1, 0.15) is 0 Å². The molecule has 0 radical (unpaired) electrons. The molecule has 0 aliphatic heterocycles. The van der Waals surface area contributed by atoms with Crippen molar-refractivity contribution in [1.82, 2.24) is 4.90 Å². The Hall–Kier alpha value is -2.37. The molecule has 1 aliphatic rings. The Morgan fingerprint density at radius 1 is 1.12 bits per heavy atom. The van der Waals surface area contributed by atoms with Gasteiger partial charge in [-0.3, -0.25) is 14.4 Å². The van der Waals surface area contributed by atoms with Crippen molar-refractivity contribution in [1.29, 1.82) is 0 Å². The van der Waals surface area contributed by atoms with E-state index in [1.807, 2.05) is 0 Å². The molecule has 1 saturated carbocycles. The lowest BCUT2D eigenvalue weighted by atomic mass is 9.87. The second-order valence-electron chi connectivity index (χ2n) is 7.13. The summed E-state index contributed by atoms with van der Waals surface area (Å²) in [5, 5.41) is 2.67. The van der Waals surface area contributed by atoms with Crippen molar-refractivity contribution in [3.63, 3.8) is 0 Å². The number of rotatable bonds is 6. The highest BCUT2D eigenvalue weighted by atomic mass is 16.5. The van der Waals surface area contributed by atoms with E-state index in [1.54, 1.807) is 36.2 Å². The van der Waals surface area contributed by atoms with Crippen LogP contribution in [0, 0.1) is 5.92 Å². The third-order valence-corrected chi connectivity index (χ3v) is 4.91. The average Bonchev–Trinajstić information content (AvgIpc) is 2.61. The van der Waals surface area contributed by atoms with Crippen molar-refractivity contribution in [2.24, 2.45) is 5.92 Å². The monoisotopic (exact) mass is 360 g/mol. The predicted octanol–water partition coefficient (Wildman–Crippen LogP) is 2.77. The van der Waals surface area contributed by atoms with Gasteiger partial charge in [0.05, 0.1) is 6.42 Å². The van der Waals surface area contributed by atoms with Gasteiger partial charge in [-0.2, -0.15) is 0 Å². The van der Waals surface area contributed by atoms with Crippen LogP contribution in [-0.2, 0) is 25.5 Å². The third-order valence-electron chi connectivity index (χ3n) is 4.91. The molecule has 2 amide bonds. The molecule has 0 atom stereocenters. The molecular weight excluding hydrogens is 332 g/mol. The standard InChI is InChI=1S/C20H28N2O4/c1-14-4-10-18(11-5-14)22(3)19(24)13-26-20(25)12-16-6-8-17(9-7-16)21-15(2)23/h6-9,14,18H,4-5,10-13H2,1-3H3,(H,21,23). The van der Waals surface area contributed by atoms with Crippen LogP contribution in [0.15, 0.2) is 24.3 Å². The summed E-state index contributed by atoms with van der Waals surface area (Å²) in [6.07, 6.45) is 4.39. The van der Waals surface area contributed by atoms with E-state index in [4.69, 9.17) is 4.74 Å². The van der Waals surface area contributed by atoms with Gasteiger partial charge >= 0.3 is 5.97 Å². The van der Waals surface area contributed by atoms with Crippen LogP contribution in [0.5, 0.6) is 0 Å². The van der Waals surface area contributed by atoms with Gasteiger partial charge in [-0.05, 0) is 49.3 Å². The van der Waals surface area contributed by atoms with E-state index in [2.05, 4.69) is 12.2 Å². The molecule has 6 nitrogen and oxygen atoms in total. The molecule has 0 bridgehead atoms. The molecule has 0 spiro atoms. The zero-order chi connectivity index (χ0) is 19.1. The van der Waals surface area contributed by atoms with Gasteiger partial charge in [-0.25, -0.2) is 0 Å². The van der Waals surface area contributed by atoms with E-state index in [0.29, 0.717) is 5.69 Å². The van der Waals surface area contributed by atoms with Gasteiger partial charge in [-0.15, -0.1) is 0 Å². The number of esters is 1. The average molecular weight is 360 g/mol. The number of carbonyl (C=O) groups excluding carboxylic acids is 3. The molecule has 1 fully saturated rings. The molecule has 1 N–H and O–H groups in total. The highest BCUT2D eigenvalue weighted by Gasteiger charge is 2.25. The Morgan fingerprint density at radius 3 is 2.31 bits per heavy atom. The summed E-state index contributed by atoms with van der Waals surface area (Å²) in [6.45, 7) is 3.46. The Bertz CT molecular complexity index is 634. The zero-order valence-electron chi connectivity index (χ0n) is 15.8. The molecule has 1 aromatic carbocycles. The minimum Gasteiger partial charge on any atom is -0.455 e. The first-order valence-electron chi connectivity index (χ1n) is 9.13. The molecule has 0 aromatic heterocycles. The summed E-state index contributed by atoms with van der Waals surface area (Å²) >= 11 is 0. The van der Waals surface area contributed by atoms with Crippen molar-refractivity contribution < 1.29 is 19.1 Å². The summed E-state index contributed by atoms with van der Waals surface area (Å²) in [5.41, 5.74) is 1.44. The van der Waals surface area contributed by atoms with Crippen molar-refractivity contribution >= 4 is 23.5 Å². The van der Waals surface area contributed by atoms with E-state index < -0.39 is 5.97 Å². The van der Waals surface area contributed by atoms with E-state index in [0.717, 1.165) is 37.2 Å². The summed E-state index contributed by atoms with van der Waals surface area (Å²) in [5.74, 6) is -0.00738. The van der Waals surface area contributed by atoms with Crippen LogP contribution in [0.4, 0.5) is 5.69 Å². The summed E-state index contributed by atoms with van der Waals surface area (Å²) in [7, 11) is 1.79. The van der Waals surface area contributed by atoms with Crippen molar-refractivity contribution in [3.8, 4) is 0 Å². The zero-order valence-corrected chi connectivity index (χ0v) is 15.8. The van der Waals surface area contributed by atoms with Gasteiger partial charge in [0.2, 0.25) is 5.91 Å². The molecular formula is C20H28N2O4. The molecule has 6 heteroatoms. The maximum absolute atomic E-state index is 12.2. The molecule has 0 saturated heterocycles. The van der Waals surface area contributed by atoms with E-state index in [1.165, 1.54) is 6.92 Å². The third kappa shape index (κ3) is 6.17. The van der Waals surface area contributed by atoms with Crippen LogP contribution in [0.3, 0.4) is 0 Å². The summed E-state index contributed by atoms with van der Waals surface area (Å²) < 4.78 is 5.14. The van der Waals surface area contributed by atoms with Gasteiger partial charge in [-0.1, -0.05) is 19.1 Å². The Kier molecular flexibility index (Phi) is 7.18. The van der Waals surface area contributed by atoms with Crippen LogP contribution >= 0.6 is 0 Å². The number of carbonyl (C=O) groups is 3. The SMILES string of the molecule is CC(=O)Nc1ccc(CC(=O)OCC(=O)N(C)C2CCC(C)CC2)cc1. The quantitative estimate of drug-likeness (QED) is 0.792. The molecule has 0 heterocycles. The van der Waals surface area contributed by atoms with Crippen LogP contribution in [0.25, 0.3) is 0 Å². The topological polar surface area (TPSA) is 75.7 Å². The Morgan fingerprint density at radius 2 is 1.73 bits per heavy atom. The van der Waals surface area contributed by atoms with E-state index in [9.17, 15) is 14.4 Å². The van der Waals surface area contributed by atoms with Crippen molar-refractivity contribution in [2.75, 3.05) is 19.0 Å². The highest BCUT2D eigenvalue weighted by molar-refractivity contribution is 5.88. The van der Waals surface area contributed by atoms with Gasteiger partial charge < -0.3 is 15.0 Å². The number of hydrogen-bond acceptors (Lipinski definition) is 4. The van der Waals surface area contributed by atoms with Gasteiger partial charge in [0.25, 0.3) is 5.91 Å². The van der Waals surface area contributed by atoms with Crippen LogP contribution in [-0.4, -0.2) is 42.4 Å². The van der Waals surface area contributed by atoms with Gasteiger partial charge in [0, 0.05) is 25.7 Å². The van der Waals surface area contributed by atoms with E-state index >= 15 is 0 Å². The number of amides is 2. The molecule has 1 aliphatic carbocycles. The molecule has 0 unspecified atom stereocenters. The number of likely N-dealkylation sites (N-methyl/N-ethyl adjacent to an activating group) is 1. The van der Waals surface area contributed by atoms with E-state index in [-0.39, 0.29) is 30.9 Å². The lowest BCUT2D eigenvalue weighted by Gasteiger charge is -2.33. The highest BCUT2D eigenvalue weighted by Crippen LogP contribution is 2.26. The van der Waals surface area contributed by atoms with Crippen LogP contribution in [0.1, 0.15) is 45.1 Å². The fraction of sp³-hybridized carbons (Fsp3) is 0.550. The number of nitrogens with one attached hydrogen (secondary N) is 1.